The Hall–Kier alpha value is -2.36. The van der Waals surface area contributed by atoms with E-state index in [9.17, 15) is 4.39 Å². The van der Waals surface area contributed by atoms with Crippen LogP contribution in [0.15, 0.2) is 48.3 Å². The van der Waals surface area contributed by atoms with E-state index in [-0.39, 0.29) is 5.82 Å². The Morgan fingerprint density at radius 2 is 1.87 bits per heavy atom. The second-order valence-corrected chi connectivity index (χ2v) is 5.62. The topological polar surface area (TPSA) is 31.4 Å². The minimum Gasteiger partial charge on any atom is -0.495 e. The van der Waals surface area contributed by atoms with Crippen molar-refractivity contribution in [3.8, 4) is 11.5 Å². The lowest BCUT2D eigenvalue weighted by molar-refractivity contribution is 0.338. The minimum atomic E-state index is -0.162. The van der Waals surface area contributed by atoms with Gasteiger partial charge in [0.25, 0.3) is 0 Å². The van der Waals surface area contributed by atoms with Crippen molar-refractivity contribution in [2.24, 2.45) is 0 Å². The van der Waals surface area contributed by atoms with E-state index in [1.807, 2.05) is 12.1 Å². The molecule has 0 aliphatic heterocycles. The van der Waals surface area contributed by atoms with Crippen LogP contribution in [-0.2, 0) is 0 Å². The fourth-order valence-corrected chi connectivity index (χ4v) is 2.92. The molecule has 4 heteroatoms. The van der Waals surface area contributed by atoms with Gasteiger partial charge in [-0.1, -0.05) is 18.2 Å². The van der Waals surface area contributed by atoms with Crippen molar-refractivity contribution < 1.29 is 13.9 Å². The van der Waals surface area contributed by atoms with Gasteiger partial charge in [0.15, 0.2) is 0 Å². The molecule has 23 heavy (non-hydrogen) atoms. The summed E-state index contributed by atoms with van der Waals surface area (Å²) < 4.78 is 25.1. The van der Waals surface area contributed by atoms with Crippen LogP contribution in [0.25, 0.3) is 5.57 Å². The molecular weight excluding hydrogens is 293 g/mol. The van der Waals surface area contributed by atoms with Crippen molar-refractivity contribution in [3.05, 3.63) is 59.7 Å². The summed E-state index contributed by atoms with van der Waals surface area (Å²) >= 11 is 0. The van der Waals surface area contributed by atoms with Gasteiger partial charge in [0.2, 0.25) is 0 Å². The predicted molar refractivity (Wildman–Crippen MR) is 88.1 cm³/mol. The van der Waals surface area contributed by atoms with Crippen LogP contribution in [0.3, 0.4) is 0 Å². The van der Waals surface area contributed by atoms with Crippen LogP contribution in [0.4, 0.5) is 4.39 Å². The van der Waals surface area contributed by atoms with Gasteiger partial charge in [0.05, 0.1) is 19.5 Å². The second kappa shape index (κ2) is 7.27. The molecule has 3 rings (SSSR count). The van der Waals surface area contributed by atoms with Crippen LogP contribution >= 0.6 is 0 Å². The monoisotopic (exact) mass is 313 g/mol. The smallest absolute Gasteiger partial charge is 0.141 e. The van der Waals surface area contributed by atoms with E-state index in [2.05, 4.69) is 4.98 Å². The third-order valence-electron chi connectivity index (χ3n) is 4.12. The number of allylic oxidation sites excluding steroid dienone is 1. The van der Waals surface area contributed by atoms with Gasteiger partial charge in [-0.05, 0) is 42.9 Å². The van der Waals surface area contributed by atoms with Crippen LogP contribution < -0.4 is 9.47 Å². The molecule has 0 N–H and O–H groups in total. The zero-order valence-corrected chi connectivity index (χ0v) is 13.2. The number of pyridine rings is 1. The molecule has 2 aromatic rings. The average Bonchev–Trinajstić information content (AvgIpc) is 2.61. The van der Waals surface area contributed by atoms with Gasteiger partial charge in [-0.15, -0.1) is 0 Å². The molecular formula is C19H20FNO2. The van der Waals surface area contributed by atoms with Crippen molar-refractivity contribution in [1.29, 1.82) is 0 Å². The summed E-state index contributed by atoms with van der Waals surface area (Å²) in [4.78, 5) is 4.08. The van der Waals surface area contributed by atoms with E-state index in [1.165, 1.54) is 11.6 Å². The molecule has 1 heterocycles. The molecule has 0 amide bonds. The fourth-order valence-electron chi connectivity index (χ4n) is 2.92. The Balaban J connectivity index is 1.82. The predicted octanol–water partition coefficient (Wildman–Crippen LogP) is 4.64. The highest BCUT2D eigenvalue weighted by Gasteiger charge is 2.17. The standard InChI is InChI=1S/C19H20FNO2/c1-22-15-10-16(12-21-11-15)23-13-14-6-2-3-7-17(14)18-8-4-5-9-19(18)20/h4-5,8-12H,2-3,6-7,13H2,1H3. The third kappa shape index (κ3) is 3.70. The zero-order chi connectivity index (χ0) is 16.1. The second-order valence-electron chi connectivity index (χ2n) is 5.62. The molecule has 0 saturated heterocycles. The Labute approximate surface area is 135 Å². The van der Waals surface area contributed by atoms with Crippen LogP contribution in [0.2, 0.25) is 0 Å². The lowest BCUT2D eigenvalue weighted by Gasteiger charge is -2.21. The molecule has 0 bridgehead atoms. The number of nitrogens with zero attached hydrogens (tertiary/aromatic N) is 1. The maximum absolute atomic E-state index is 14.1. The Bertz CT molecular complexity index is 712. The van der Waals surface area contributed by atoms with Gasteiger partial charge in [0.1, 0.15) is 23.9 Å². The third-order valence-corrected chi connectivity index (χ3v) is 4.12. The van der Waals surface area contributed by atoms with Crippen LogP contribution in [0, 0.1) is 5.82 Å². The van der Waals surface area contributed by atoms with Gasteiger partial charge in [-0.2, -0.15) is 0 Å². The highest BCUT2D eigenvalue weighted by Crippen LogP contribution is 2.34. The molecule has 1 aromatic carbocycles. The Morgan fingerprint density at radius 1 is 1.09 bits per heavy atom. The number of hydrogen-bond acceptors (Lipinski definition) is 3. The summed E-state index contributed by atoms with van der Waals surface area (Å²) in [6, 6.07) is 8.77. The number of rotatable bonds is 5. The maximum Gasteiger partial charge on any atom is 0.141 e. The number of halogens is 1. The van der Waals surface area contributed by atoms with Crippen LogP contribution in [-0.4, -0.2) is 18.7 Å². The normalized spacial score (nSPS) is 14.7. The molecule has 1 aliphatic carbocycles. The molecule has 3 nitrogen and oxygen atoms in total. The van der Waals surface area contributed by atoms with Crippen LogP contribution in [0.1, 0.15) is 31.2 Å². The Kier molecular flexibility index (Phi) is 4.91. The lowest BCUT2D eigenvalue weighted by atomic mass is 9.87. The summed E-state index contributed by atoms with van der Waals surface area (Å²) in [7, 11) is 1.60. The fraction of sp³-hybridized carbons (Fsp3) is 0.316. The molecule has 0 fully saturated rings. The largest absolute Gasteiger partial charge is 0.495 e. The van der Waals surface area contributed by atoms with E-state index in [0.717, 1.165) is 31.3 Å². The lowest BCUT2D eigenvalue weighted by Crippen LogP contribution is -2.09. The van der Waals surface area contributed by atoms with Crippen molar-refractivity contribution in [2.75, 3.05) is 13.7 Å². The molecule has 1 aliphatic rings. The van der Waals surface area contributed by atoms with Crippen molar-refractivity contribution in [2.45, 2.75) is 25.7 Å². The molecule has 1 aromatic heterocycles. The highest BCUT2D eigenvalue weighted by atomic mass is 19.1. The first kappa shape index (κ1) is 15.5. The van der Waals surface area contributed by atoms with E-state index in [0.29, 0.717) is 23.7 Å². The van der Waals surface area contributed by atoms with Crippen molar-refractivity contribution >= 4 is 5.57 Å². The number of methoxy groups -OCH3 is 1. The van der Waals surface area contributed by atoms with Crippen molar-refractivity contribution in [1.82, 2.24) is 4.98 Å². The first-order valence-corrected chi connectivity index (χ1v) is 7.85. The first-order chi connectivity index (χ1) is 11.3. The van der Waals surface area contributed by atoms with Gasteiger partial charge < -0.3 is 9.47 Å². The van der Waals surface area contributed by atoms with E-state index < -0.39 is 0 Å². The van der Waals surface area contributed by atoms with E-state index in [1.54, 1.807) is 31.6 Å². The summed E-state index contributed by atoms with van der Waals surface area (Å²) in [6.07, 6.45) is 7.35. The SMILES string of the molecule is COc1cncc(OCC2=C(c3ccccc3F)CCCC2)c1. The number of benzene rings is 1. The molecule has 0 unspecified atom stereocenters. The summed E-state index contributed by atoms with van der Waals surface area (Å²) in [5.74, 6) is 1.16. The Morgan fingerprint density at radius 3 is 2.70 bits per heavy atom. The van der Waals surface area contributed by atoms with Crippen molar-refractivity contribution in [3.63, 3.8) is 0 Å². The summed E-state index contributed by atoms with van der Waals surface area (Å²) in [5, 5.41) is 0. The van der Waals surface area contributed by atoms with Crippen LogP contribution in [0.5, 0.6) is 11.5 Å². The quantitative estimate of drug-likeness (QED) is 0.806. The number of ether oxygens (including phenoxy) is 2. The summed E-state index contributed by atoms with van der Waals surface area (Å²) in [5.41, 5.74) is 2.96. The molecule has 0 spiro atoms. The molecule has 0 saturated carbocycles. The molecule has 120 valence electrons. The van der Waals surface area contributed by atoms with Gasteiger partial charge in [-0.25, -0.2) is 4.39 Å². The number of hydrogen-bond donors (Lipinski definition) is 0. The highest BCUT2D eigenvalue weighted by molar-refractivity contribution is 5.70. The molecule has 0 radical (unpaired) electrons. The number of aromatic nitrogens is 1. The molecule has 0 atom stereocenters. The zero-order valence-electron chi connectivity index (χ0n) is 13.2. The maximum atomic E-state index is 14.1. The minimum absolute atomic E-state index is 0.162. The first-order valence-electron chi connectivity index (χ1n) is 7.85. The van der Waals surface area contributed by atoms with Gasteiger partial charge in [0, 0.05) is 11.6 Å². The van der Waals surface area contributed by atoms with Gasteiger partial charge in [-0.3, -0.25) is 4.98 Å². The van der Waals surface area contributed by atoms with E-state index in [4.69, 9.17) is 9.47 Å². The average molecular weight is 313 g/mol. The summed E-state index contributed by atoms with van der Waals surface area (Å²) in [6.45, 7) is 0.457. The van der Waals surface area contributed by atoms with E-state index >= 15 is 0 Å². The van der Waals surface area contributed by atoms with Gasteiger partial charge >= 0.3 is 0 Å².